The van der Waals surface area contributed by atoms with Gasteiger partial charge in [0.2, 0.25) is 0 Å². The molecule has 0 saturated heterocycles. The molecule has 82 valence electrons. The number of rotatable bonds is 1. The number of hydrogen-bond donors (Lipinski definition) is 0. The zero-order valence-corrected chi connectivity index (χ0v) is 10.00. The molecule has 0 aromatic rings. The van der Waals surface area contributed by atoms with Gasteiger partial charge in [-0.15, -0.1) is 0 Å². The van der Waals surface area contributed by atoms with Gasteiger partial charge >= 0.3 is 0 Å². The molecular formula is C15H22. The zero-order chi connectivity index (χ0) is 10.2. The van der Waals surface area contributed by atoms with Crippen LogP contribution in [0, 0.1) is 35.5 Å². The Kier molecular flexibility index (Phi) is 1.59. The van der Waals surface area contributed by atoms with E-state index in [0.717, 1.165) is 35.5 Å². The second-order valence-electron chi connectivity index (χ2n) is 6.52. The van der Waals surface area contributed by atoms with Gasteiger partial charge in [-0.05, 0) is 67.6 Å². The predicted molar refractivity (Wildman–Crippen MR) is 62.4 cm³/mol. The molecule has 4 rings (SSSR count). The molecule has 0 aromatic carbocycles. The summed E-state index contributed by atoms with van der Waals surface area (Å²) in [5.74, 6) is 6.33. The Bertz CT molecular complexity index is 338. The fraction of sp³-hybridized carbons (Fsp3) is 0.867. The first kappa shape index (κ1) is 8.84. The van der Waals surface area contributed by atoms with Gasteiger partial charge in [0.25, 0.3) is 0 Å². The van der Waals surface area contributed by atoms with Crippen LogP contribution >= 0.6 is 0 Å². The molecule has 0 nitrogen and oxygen atoms in total. The van der Waals surface area contributed by atoms with Crippen LogP contribution < -0.4 is 0 Å². The van der Waals surface area contributed by atoms with Crippen LogP contribution in [0.25, 0.3) is 0 Å². The van der Waals surface area contributed by atoms with Gasteiger partial charge in [-0.3, -0.25) is 0 Å². The molecule has 0 heterocycles. The van der Waals surface area contributed by atoms with Crippen molar-refractivity contribution in [3.63, 3.8) is 0 Å². The highest BCUT2D eigenvalue weighted by atomic mass is 14.6. The SMILES string of the molecule is CCC1C2=C3C4CCC(C4)C3C(C2)C1C. The summed E-state index contributed by atoms with van der Waals surface area (Å²) in [5, 5.41) is 0. The summed E-state index contributed by atoms with van der Waals surface area (Å²) in [5.41, 5.74) is 3.98. The van der Waals surface area contributed by atoms with Crippen LogP contribution in [0.4, 0.5) is 0 Å². The van der Waals surface area contributed by atoms with E-state index in [0.29, 0.717) is 0 Å². The standard InChI is InChI=1S/C15H22/c1-3-11-8(2)12-7-13(11)15-10-5-4-9(6-10)14(12)15/h8-12,14H,3-7H2,1-2H3. The van der Waals surface area contributed by atoms with Crippen molar-refractivity contribution < 1.29 is 0 Å². The van der Waals surface area contributed by atoms with Gasteiger partial charge in [-0.25, -0.2) is 0 Å². The molecule has 3 saturated carbocycles. The Morgan fingerprint density at radius 3 is 2.93 bits per heavy atom. The van der Waals surface area contributed by atoms with Crippen molar-refractivity contribution >= 4 is 0 Å². The molecule has 4 aliphatic carbocycles. The van der Waals surface area contributed by atoms with Crippen molar-refractivity contribution in [3.05, 3.63) is 11.1 Å². The van der Waals surface area contributed by atoms with Crippen LogP contribution in [0.3, 0.4) is 0 Å². The van der Waals surface area contributed by atoms with E-state index in [1.54, 1.807) is 12.8 Å². The molecule has 0 amide bonds. The molecule has 0 heteroatoms. The van der Waals surface area contributed by atoms with Crippen molar-refractivity contribution in [2.45, 2.75) is 46.0 Å². The largest absolute Gasteiger partial charge is 0.0668 e. The normalized spacial score (nSPS) is 55.6. The van der Waals surface area contributed by atoms with Crippen molar-refractivity contribution in [3.8, 4) is 0 Å². The highest BCUT2D eigenvalue weighted by molar-refractivity contribution is 5.39. The molecule has 4 aliphatic rings. The van der Waals surface area contributed by atoms with Crippen LogP contribution in [0.1, 0.15) is 46.0 Å². The number of allylic oxidation sites excluding steroid dienone is 2. The third kappa shape index (κ3) is 0.867. The summed E-state index contributed by atoms with van der Waals surface area (Å²) in [6.07, 6.45) is 7.58. The third-order valence-corrected chi connectivity index (χ3v) is 6.27. The molecule has 3 fully saturated rings. The van der Waals surface area contributed by atoms with E-state index in [2.05, 4.69) is 13.8 Å². The minimum Gasteiger partial charge on any atom is -0.0668 e. The minimum atomic E-state index is 0.987. The van der Waals surface area contributed by atoms with E-state index in [4.69, 9.17) is 0 Å². The van der Waals surface area contributed by atoms with Gasteiger partial charge in [0, 0.05) is 0 Å². The monoisotopic (exact) mass is 202 g/mol. The molecular weight excluding hydrogens is 180 g/mol. The molecule has 6 unspecified atom stereocenters. The summed E-state index contributed by atoms with van der Waals surface area (Å²) < 4.78 is 0. The second-order valence-corrected chi connectivity index (χ2v) is 6.52. The Hall–Kier alpha value is -0.260. The van der Waals surface area contributed by atoms with Gasteiger partial charge in [0.05, 0.1) is 0 Å². The van der Waals surface area contributed by atoms with E-state index in [9.17, 15) is 0 Å². The Morgan fingerprint density at radius 2 is 2.13 bits per heavy atom. The lowest BCUT2D eigenvalue weighted by molar-refractivity contribution is 0.209. The lowest BCUT2D eigenvalue weighted by atomic mass is 9.69. The highest BCUT2D eigenvalue weighted by Gasteiger charge is 2.57. The first-order valence-corrected chi connectivity index (χ1v) is 7.04. The van der Waals surface area contributed by atoms with Crippen molar-refractivity contribution in [1.82, 2.24) is 0 Å². The Morgan fingerprint density at radius 1 is 1.27 bits per heavy atom. The van der Waals surface area contributed by atoms with Crippen molar-refractivity contribution in [2.75, 3.05) is 0 Å². The van der Waals surface area contributed by atoms with Crippen LogP contribution in [0.5, 0.6) is 0 Å². The quantitative estimate of drug-likeness (QED) is 0.563. The topological polar surface area (TPSA) is 0 Å². The van der Waals surface area contributed by atoms with Crippen LogP contribution in [-0.4, -0.2) is 0 Å². The fourth-order valence-corrected chi connectivity index (χ4v) is 5.82. The average molecular weight is 202 g/mol. The summed E-state index contributed by atoms with van der Waals surface area (Å²) in [6, 6.07) is 0. The Labute approximate surface area is 93.1 Å². The maximum absolute atomic E-state index is 2.54. The molecule has 6 atom stereocenters. The van der Waals surface area contributed by atoms with E-state index in [1.807, 2.05) is 11.1 Å². The lowest BCUT2D eigenvalue weighted by Crippen LogP contribution is -2.28. The van der Waals surface area contributed by atoms with E-state index in [-0.39, 0.29) is 0 Å². The molecule has 0 aromatic heterocycles. The first-order valence-electron chi connectivity index (χ1n) is 7.04. The van der Waals surface area contributed by atoms with E-state index in [1.165, 1.54) is 19.3 Å². The van der Waals surface area contributed by atoms with Gasteiger partial charge in [-0.2, -0.15) is 0 Å². The molecule has 4 bridgehead atoms. The molecule has 15 heavy (non-hydrogen) atoms. The fourth-order valence-electron chi connectivity index (χ4n) is 5.82. The predicted octanol–water partition coefficient (Wildman–Crippen LogP) is 4.02. The molecule has 0 aliphatic heterocycles. The van der Waals surface area contributed by atoms with Gasteiger partial charge < -0.3 is 0 Å². The highest BCUT2D eigenvalue weighted by Crippen LogP contribution is 2.67. The summed E-state index contributed by atoms with van der Waals surface area (Å²) in [6.45, 7) is 4.94. The van der Waals surface area contributed by atoms with E-state index >= 15 is 0 Å². The van der Waals surface area contributed by atoms with Crippen molar-refractivity contribution in [1.29, 1.82) is 0 Å². The zero-order valence-electron chi connectivity index (χ0n) is 10.00. The third-order valence-electron chi connectivity index (χ3n) is 6.27. The number of fused-ring (bicyclic) bond motifs is 8. The van der Waals surface area contributed by atoms with Crippen LogP contribution in [0.15, 0.2) is 11.1 Å². The lowest BCUT2D eigenvalue weighted by Gasteiger charge is -2.35. The first-order chi connectivity index (χ1) is 7.31. The molecule has 0 radical (unpaired) electrons. The average Bonchev–Trinajstić information content (AvgIpc) is 2.94. The smallest absolute Gasteiger partial charge is 0.0135 e. The number of hydrogen-bond acceptors (Lipinski definition) is 0. The maximum atomic E-state index is 2.54. The minimum absolute atomic E-state index is 0.987. The summed E-state index contributed by atoms with van der Waals surface area (Å²) >= 11 is 0. The summed E-state index contributed by atoms with van der Waals surface area (Å²) in [4.78, 5) is 0. The van der Waals surface area contributed by atoms with Gasteiger partial charge in [0.15, 0.2) is 0 Å². The van der Waals surface area contributed by atoms with Gasteiger partial charge in [-0.1, -0.05) is 25.0 Å². The van der Waals surface area contributed by atoms with Gasteiger partial charge in [0.1, 0.15) is 0 Å². The van der Waals surface area contributed by atoms with Crippen molar-refractivity contribution in [2.24, 2.45) is 35.5 Å². The maximum Gasteiger partial charge on any atom is -0.0135 e. The van der Waals surface area contributed by atoms with E-state index < -0.39 is 0 Å². The second kappa shape index (κ2) is 2.70. The molecule has 0 N–H and O–H groups in total. The molecule has 0 spiro atoms. The van der Waals surface area contributed by atoms with Crippen LogP contribution in [-0.2, 0) is 0 Å². The summed E-state index contributed by atoms with van der Waals surface area (Å²) in [7, 11) is 0. The Balaban J connectivity index is 1.83. The van der Waals surface area contributed by atoms with Crippen LogP contribution in [0.2, 0.25) is 0 Å².